The summed E-state index contributed by atoms with van der Waals surface area (Å²) < 4.78 is 37.8. The van der Waals surface area contributed by atoms with Gasteiger partial charge in [-0.15, -0.1) is 0 Å². The molecule has 20 heavy (non-hydrogen) atoms. The molecule has 1 aliphatic heterocycles. The second-order valence-electron chi connectivity index (χ2n) is 4.37. The molecule has 4 nitrogen and oxygen atoms in total. The third kappa shape index (κ3) is 3.30. The molecule has 0 spiro atoms. The van der Waals surface area contributed by atoms with Crippen molar-refractivity contribution in [2.45, 2.75) is 24.8 Å². The van der Waals surface area contributed by atoms with Crippen LogP contribution in [0.4, 0.5) is 18.9 Å². The van der Waals surface area contributed by atoms with E-state index in [2.05, 4.69) is 4.98 Å². The van der Waals surface area contributed by atoms with E-state index in [1.54, 1.807) is 0 Å². The van der Waals surface area contributed by atoms with Crippen molar-refractivity contribution in [2.75, 3.05) is 11.4 Å². The molecule has 0 bridgehead atoms. The summed E-state index contributed by atoms with van der Waals surface area (Å²) in [6, 6.07) is 0.895. The van der Waals surface area contributed by atoms with Gasteiger partial charge in [-0.05, 0) is 6.07 Å². The Hall–Kier alpha value is -1.57. The Balaban J connectivity index is 2.20. The molecule has 1 fully saturated rings. The van der Waals surface area contributed by atoms with Crippen molar-refractivity contribution in [3.8, 4) is 0 Å². The Morgan fingerprint density at radius 3 is 2.75 bits per heavy atom. The van der Waals surface area contributed by atoms with Crippen LogP contribution < -0.4 is 4.90 Å². The lowest BCUT2D eigenvalue weighted by Crippen LogP contribution is -2.25. The smallest absolute Gasteiger partial charge is 0.310 e. The first-order chi connectivity index (χ1) is 9.27. The van der Waals surface area contributed by atoms with Gasteiger partial charge in [-0.3, -0.25) is 14.6 Å². The summed E-state index contributed by atoms with van der Waals surface area (Å²) in [5.74, 6) is -0.301. The highest BCUT2D eigenvalue weighted by molar-refractivity contribution is 8.14. The van der Waals surface area contributed by atoms with Gasteiger partial charge in [0.15, 0.2) is 5.12 Å². The van der Waals surface area contributed by atoms with Gasteiger partial charge < -0.3 is 4.90 Å². The zero-order valence-corrected chi connectivity index (χ0v) is 11.3. The molecule has 1 aromatic heterocycles. The lowest BCUT2D eigenvalue weighted by molar-refractivity contribution is -0.137. The summed E-state index contributed by atoms with van der Waals surface area (Å²) >= 11 is 1.03. The zero-order valence-electron chi connectivity index (χ0n) is 10.5. The summed E-state index contributed by atoms with van der Waals surface area (Å²) in [7, 11) is 0. The molecule has 0 aromatic carbocycles. The van der Waals surface area contributed by atoms with Gasteiger partial charge in [-0.25, -0.2) is 0 Å². The fraction of sp³-hybridized carbons (Fsp3) is 0.417. The first-order valence-corrected chi connectivity index (χ1v) is 6.65. The van der Waals surface area contributed by atoms with Crippen molar-refractivity contribution >= 4 is 28.5 Å². The number of amides is 1. The molecular weight excluding hydrogens is 293 g/mol. The van der Waals surface area contributed by atoms with Crippen LogP contribution in [0.15, 0.2) is 18.5 Å². The first-order valence-electron chi connectivity index (χ1n) is 5.77. The van der Waals surface area contributed by atoms with Crippen molar-refractivity contribution in [3.05, 3.63) is 24.0 Å². The highest BCUT2D eigenvalue weighted by atomic mass is 32.2. The number of aromatic nitrogens is 1. The molecule has 108 valence electrons. The fourth-order valence-corrected chi connectivity index (χ4v) is 2.89. The molecular formula is C12H11F3N2O2S. The van der Waals surface area contributed by atoms with Crippen molar-refractivity contribution < 1.29 is 22.8 Å². The van der Waals surface area contributed by atoms with E-state index in [1.165, 1.54) is 18.0 Å². The molecule has 8 heteroatoms. The number of halogens is 3. The van der Waals surface area contributed by atoms with Crippen molar-refractivity contribution in [3.63, 3.8) is 0 Å². The molecule has 1 saturated heterocycles. The number of nitrogens with zero attached hydrogens (tertiary/aromatic N) is 2. The highest BCUT2D eigenvalue weighted by Gasteiger charge is 2.35. The predicted molar refractivity (Wildman–Crippen MR) is 68.3 cm³/mol. The number of hydrogen-bond acceptors (Lipinski definition) is 4. The molecule has 0 aliphatic carbocycles. The molecule has 1 aromatic rings. The van der Waals surface area contributed by atoms with Crippen LogP contribution >= 0.6 is 11.8 Å². The molecule has 0 radical (unpaired) electrons. The quantitative estimate of drug-likeness (QED) is 0.842. The lowest BCUT2D eigenvalue weighted by Gasteiger charge is -2.17. The summed E-state index contributed by atoms with van der Waals surface area (Å²) in [6.07, 6.45) is -2.43. The third-order valence-corrected chi connectivity index (χ3v) is 3.77. The summed E-state index contributed by atoms with van der Waals surface area (Å²) in [6.45, 7) is 1.61. The number of hydrogen-bond donors (Lipinski definition) is 0. The average molecular weight is 304 g/mol. The Morgan fingerprint density at radius 2 is 2.15 bits per heavy atom. The van der Waals surface area contributed by atoms with Crippen LogP contribution in [0.2, 0.25) is 0 Å². The van der Waals surface area contributed by atoms with Crippen LogP contribution in [0, 0.1) is 0 Å². The van der Waals surface area contributed by atoms with E-state index in [0.717, 1.165) is 17.8 Å². The summed E-state index contributed by atoms with van der Waals surface area (Å²) in [4.78, 5) is 27.6. The van der Waals surface area contributed by atoms with E-state index in [1.807, 2.05) is 0 Å². The van der Waals surface area contributed by atoms with Gasteiger partial charge in [0.1, 0.15) is 0 Å². The van der Waals surface area contributed by atoms with Gasteiger partial charge in [-0.1, -0.05) is 11.8 Å². The maximum atomic E-state index is 12.6. The second-order valence-corrected chi connectivity index (χ2v) is 5.85. The highest BCUT2D eigenvalue weighted by Crippen LogP contribution is 2.33. The summed E-state index contributed by atoms with van der Waals surface area (Å²) in [5.41, 5.74) is -0.790. The fourth-order valence-electron chi connectivity index (χ4n) is 1.97. The number of alkyl halides is 3. The molecule has 1 amide bonds. The van der Waals surface area contributed by atoms with Crippen LogP contribution in [0.3, 0.4) is 0 Å². The van der Waals surface area contributed by atoms with E-state index < -0.39 is 11.7 Å². The number of rotatable bonds is 2. The van der Waals surface area contributed by atoms with E-state index in [-0.39, 0.29) is 34.9 Å². The van der Waals surface area contributed by atoms with Crippen LogP contribution in [0.1, 0.15) is 18.9 Å². The number of anilines is 1. The second kappa shape index (κ2) is 5.43. The average Bonchev–Trinajstić information content (AvgIpc) is 2.68. The van der Waals surface area contributed by atoms with Crippen LogP contribution in [-0.2, 0) is 15.8 Å². The lowest BCUT2D eigenvalue weighted by atomic mass is 10.2. The molecule has 1 unspecified atom stereocenters. The number of carbonyl (C=O) groups is 2. The minimum Gasteiger partial charge on any atom is -0.310 e. The number of thioether (sulfide) groups is 1. The summed E-state index contributed by atoms with van der Waals surface area (Å²) in [5, 5.41) is -0.346. The SMILES string of the molecule is CC(=O)SC1CC(=O)N(c2cncc(C(F)(F)F)c2)C1. The van der Waals surface area contributed by atoms with Crippen LogP contribution in [-0.4, -0.2) is 27.8 Å². The molecule has 1 atom stereocenters. The van der Waals surface area contributed by atoms with Gasteiger partial charge in [-0.2, -0.15) is 13.2 Å². The Labute approximate surface area is 117 Å². The number of carbonyl (C=O) groups excluding carboxylic acids is 2. The topological polar surface area (TPSA) is 50.3 Å². The Bertz CT molecular complexity index is 548. The predicted octanol–water partition coefficient (Wildman–Crippen LogP) is 2.49. The monoisotopic (exact) mass is 304 g/mol. The number of pyridine rings is 1. The van der Waals surface area contributed by atoms with E-state index >= 15 is 0 Å². The molecule has 1 aliphatic rings. The van der Waals surface area contributed by atoms with Gasteiger partial charge in [0.2, 0.25) is 5.91 Å². The van der Waals surface area contributed by atoms with Crippen molar-refractivity contribution in [1.82, 2.24) is 4.98 Å². The molecule has 2 rings (SSSR count). The normalized spacial score (nSPS) is 19.5. The minimum absolute atomic E-state index is 0.108. The maximum Gasteiger partial charge on any atom is 0.417 e. The van der Waals surface area contributed by atoms with E-state index in [4.69, 9.17) is 0 Å². The van der Waals surface area contributed by atoms with Crippen molar-refractivity contribution in [2.24, 2.45) is 0 Å². The van der Waals surface area contributed by atoms with E-state index in [9.17, 15) is 22.8 Å². The van der Waals surface area contributed by atoms with Crippen LogP contribution in [0.5, 0.6) is 0 Å². The maximum absolute atomic E-state index is 12.6. The Morgan fingerprint density at radius 1 is 1.45 bits per heavy atom. The molecule has 2 heterocycles. The van der Waals surface area contributed by atoms with E-state index in [0.29, 0.717) is 6.20 Å². The molecule has 0 saturated carbocycles. The standard InChI is InChI=1S/C12H11F3N2O2S/c1-7(18)20-10-3-11(19)17(6-10)9-2-8(4-16-5-9)12(13,14)15/h2,4-5,10H,3,6H2,1H3. The largest absolute Gasteiger partial charge is 0.417 e. The molecule has 0 N–H and O–H groups in total. The van der Waals surface area contributed by atoms with Crippen LogP contribution in [0.25, 0.3) is 0 Å². The van der Waals surface area contributed by atoms with Gasteiger partial charge in [0.25, 0.3) is 0 Å². The first kappa shape index (κ1) is 14.8. The van der Waals surface area contributed by atoms with Gasteiger partial charge >= 0.3 is 6.18 Å². The Kier molecular flexibility index (Phi) is 4.03. The van der Waals surface area contributed by atoms with Gasteiger partial charge in [0.05, 0.1) is 17.4 Å². The third-order valence-electron chi connectivity index (χ3n) is 2.78. The van der Waals surface area contributed by atoms with Crippen molar-refractivity contribution in [1.29, 1.82) is 0 Å². The zero-order chi connectivity index (χ0) is 14.9. The minimum atomic E-state index is -4.50. The van der Waals surface area contributed by atoms with Gasteiger partial charge in [0, 0.05) is 31.3 Å².